The molecule has 1 rings (SSSR count). The Bertz CT molecular complexity index is 486. The number of carboxylic acids is 2. The van der Waals surface area contributed by atoms with E-state index in [1.807, 2.05) is 0 Å². The normalized spacial score (nSPS) is 12.1. The second kappa shape index (κ2) is 6.14. The summed E-state index contributed by atoms with van der Waals surface area (Å²) in [5.74, 6) is -6.38. The Balaban J connectivity index is 3.19. The summed E-state index contributed by atoms with van der Waals surface area (Å²) in [6.07, 6.45) is 0. The molecule has 0 aliphatic rings. The van der Waals surface area contributed by atoms with Crippen LogP contribution < -0.4 is 0 Å². The maximum atomic E-state index is 11.0. The maximum absolute atomic E-state index is 11.0. The number of nitrogens with zero attached hydrogens (tertiary/aromatic N) is 1. The molecule has 0 unspecified atom stereocenters. The van der Waals surface area contributed by atoms with E-state index in [4.69, 9.17) is 21.8 Å². The molecule has 8 heteroatoms. The Labute approximate surface area is 112 Å². The van der Waals surface area contributed by atoms with Gasteiger partial charge in [-0.25, -0.2) is 0 Å². The molecular formula is C11H10ClNO6. The molecule has 1 atom stereocenters. The summed E-state index contributed by atoms with van der Waals surface area (Å²) in [5.41, 5.74) is 0.246. The zero-order valence-corrected chi connectivity index (χ0v) is 10.3. The number of carboxylic acid groups (broad SMARTS) is 2. The monoisotopic (exact) mass is 287 g/mol. The molecule has 0 spiro atoms. The maximum Gasteiger partial charge on any atom is 0.318 e. The average molecular weight is 288 g/mol. The molecule has 0 heterocycles. The fourth-order valence-corrected chi connectivity index (χ4v) is 1.85. The summed E-state index contributed by atoms with van der Waals surface area (Å²) in [6, 6.07) is 5.61. The van der Waals surface area contributed by atoms with Gasteiger partial charge in [0.05, 0.1) is 5.92 Å². The van der Waals surface area contributed by atoms with Crippen molar-refractivity contribution < 1.29 is 24.7 Å². The van der Waals surface area contributed by atoms with Crippen molar-refractivity contribution in [1.29, 1.82) is 0 Å². The van der Waals surface area contributed by atoms with Crippen LogP contribution in [0.3, 0.4) is 0 Å². The summed E-state index contributed by atoms with van der Waals surface area (Å²) in [5, 5.41) is 28.8. The summed E-state index contributed by atoms with van der Waals surface area (Å²) >= 11 is 5.66. The highest BCUT2D eigenvalue weighted by molar-refractivity contribution is 6.30. The van der Waals surface area contributed by atoms with E-state index in [9.17, 15) is 19.7 Å². The van der Waals surface area contributed by atoms with Crippen molar-refractivity contribution in [3.8, 4) is 0 Å². The number of halogens is 1. The van der Waals surface area contributed by atoms with E-state index in [-0.39, 0.29) is 5.56 Å². The summed E-state index contributed by atoms with van der Waals surface area (Å²) in [6.45, 7) is -0.787. The highest BCUT2D eigenvalue weighted by Gasteiger charge is 2.39. The average Bonchev–Trinajstić information content (AvgIpc) is 2.27. The predicted molar refractivity (Wildman–Crippen MR) is 64.8 cm³/mol. The molecule has 0 saturated carbocycles. The molecule has 0 aromatic heterocycles. The first kappa shape index (κ1) is 14.9. The van der Waals surface area contributed by atoms with Crippen LogP contribution in [0.1, 0.15) is 11.5 Å². The fourth-order valence-electron chi connectivity index (χ4n) is 1.72. The van der Waals surface area contributed by atoms with E-state index < -0.39 is 35.2 Å². The van der Waals surface area contributed by atoms with Gasteiger partial charge in [0.15, 0.2) is 5.92 Å². The Kier molecular flexibility index (Phi) is 4.82. The molecule has 0 aliphatic heterocycles. The fraction of sp³-hybridized carbons (Fsp3) is 0.273. The van der Waals surface area contributed by atoms with Crippen LogP contribution in [0.25, 0.3) is 0 Å². The van der Waals surface area contributed by atoms with Crippen molar-refractivity contribution in [3.63, 3.8) is 0 Å². The highest BCUT2D eigenvalue weighted by Crippen LogP contribution is 2.27. The molecule has 0 aliphatic carbocycles. The molecule has 1 aromatic rings. The smallest absolute Gasteiger partial charge is 0.318 e. The van der Waals surface area contributed by atoms with Crippen LogP contribution in [0, 0.1) is 16.0 Å². The van der Waals surface area contributed by atoms with Gasteiger partial charge in [-0.05, 0) is 17.7 Å². The number of rotatable bonds is 6. The Morgan fingerprint density at radius 2 is 1.68 bits per heavy atom. The van der Waals surface area contributed by atoms with Crippen LogP contribution in [-0.4, -0.2) is 33.6 Å². The lowest BCUT2D eigenvalue weighted by molar-refractivity contribution is -0.484. The molecule has 0 saturated heterocycles. The van der Waals surface area contributed by atoms with E-state index in [0.29, 0.717) is 5.02 Å². The van der Waals surface area contributed by atoms with Crippen LogP contribution >= 0.6 is 11.6 Å². The second-order valence-electron chi connectivity index (χ2n) is 3.83. The minimum atomic E-state index is -1.88. The number of aliphatic carboxylic acids is 2. The first-order chi connectivity index (χ1) is 8.82. The summed E-state index contributed by atoms with van der Waals surface area (Å²) in [7, 11) is 0. The van der Waals surface area contributed by atoms with Gasteiger partial charge in [-0.2, -0.15) is 0 Å². The molecular weight excluding hydrogens is 278 g/mol. The van der Waals surface area contributed by atoms with E-state index >= 15 is 0 Å². The quantitative estimate of drug-likeness (QED) is 0.465. The zero-order valence-electron chi connectivity index (χ0n) is 9.52. The summed E-state index contributed by atoms with van der Waals surface area (Å²) < 4.78 is 0. The predicted octanol–water partition coefficient (Wildman–Crippen LogP) is 1.49. The van der Waals surface area contributed by atoms with E-state index in [1.54, 1.807) is 0 Å². The number of hydrogen-bond donors (Lipinski definition) is 2. The number of nitro groups is 1. The molecule has 19 heavy (non-hydrogen) atoms. The van der Waals surface area contributed by atoms with Gasteiger partial charge in [0, 0.05) is 9.95 Å². The van der Waals surface area contributed by atoms with Gasteiger partial charge in [0.25, 0.3) is 0 Å². The van der Waals surface area contributed by atoms with Gasteiger partial charge in [-0.3, -0.25) is 19.7 Å². The van der Waals surface area contributed by atoms with Crippen molar-refractivity contribution in [1.82, 2.24) is 0 Å². The molecule has 2 N–H and O–H groups in total. The first-order valence-electron chi connectivity index (χ1n) is 5.15. The third kappa shape index (κ3) is 3.92. The number of benzene rings is 1. The van der Waals surface area contributed by atoms with Gasteiger partial charge >= 0.3 is 11.9 Å². The third-order valence-corrected chi connectivity index (χ3v) is 2.83. The highest BCUT2D eigenvalue weighted by atomic mass is 35.5. The summed E-state index contributed by atoms with van der Waals surface area (Å²) in [4.78, 5) is 31.8. The van der Waals surface area contributed by atoms with E-state index in [0.717, 1.165) is 0 Å². The standard InChI is InChI=1S/C11H10ClNO6/c12-7-3-1-6(2-4-7)8(5-13(18)19)9(10(14)15)11(16)17/h1-4,8-9H,5H2,(H,14,15)(H,16,17)/t8-/m0/s1. The lowest BCUT2D eigenvalue weighted by Gasteiger charge is -2.17. The molecule has 0 bridgehead atoms. The first-order valence-corrected chi connectivity index (χ1v) is 5.53. The Morgan fingerprint density at radius 3 is 2.05 bits per heavy atom. The van der Waals surface area contributed by atoms with Gasteiger partial charge in [-0.1, -0.05) is 23.7 Å². The SMILES string of the molecule is O=C(O)C(C(=O)O)[C@@H](C[N+](=O)[O-])c1ccc(Cl)cc1. The van der Waals surface area contributed by atoms with Crippen LogP contribution in [0.4, 0.5) is 0 Å². The minimum Gasteiger partial charge on any atom is -0.481 e. The second-order valence-corrected chi connectivity index (χ2v) is 4.26. The molecule has 1 aromatic carbocycles. The number of hydrogen-bond acceptors (Lipinski definition) is 4. The van der Waals surface area contributed by atoms with Crippen molar-refractivity contribution in [2.45, 2.75) is 5.92 Å². The third-order valence-electron chi connectivity index (χ3n) is 2.58. The van der Waals surface area contributed by atoms with Crippen LogP contribution in [0.15, 0.2) is 24.3 Å². The van der Waals surface area contributed by atoms with Gasteiger partial charge in [0.2, 0.25) is 6.54 Å². The number of carbonyl (C=O) groups is 2. The largest absolute Gasteiger partial charge is 0.481 e. The van der Waals surface area contributed by atoms with E-state index in [2.05, 4.69) is 0 Å². The van der Waals surface area contributed by atoms with Gasteiger partial charge in [0.1, 0.15) is 0 Å². The molecule has 0 amide bonds. The van der Waals surface area contributed by atoms with Crippen molar-refractivity contribution in [2.75, 3.05) is 6.54 Å². The van der Waals surface area contributed by atoms with Crippen molar-refractivity contribution >= 4 is 23.5 Å². The van der Waals surface area contributed by atoms with Crippen LogP contribution in [0.2, 0.25) is 5.02 Å². The van der Waals surface area contributed by atoms with E-state index in [1.165, 1.54) is 24.3 Å². The Morgan fingerprint density at radius 1 is 1.21 bits per heavy atom. The molecule has 0 fully saturated rings. The van der Waals surface area contributed by atoms with Crippen LogP contribution in [-0.2, 0) is 9.59 Å². The van der Waals surface area contributed by atoms with Crippen molar-refractivity contribution in [3.05, 3.63) is 45.0 Å². The van der Waals surface area contributed by atoms with Gasteiger partial charge in [-0.15, -0.1) is 0 Å². The molecule has 0 radical (unpaired) electrons. The lowest BCUT2D eigenvalue weighted by Crippen LogP contribution is -2.33. The molecule has 7 nitrogen and oxygen atoms in total. The van der Waals surface area contributed by atoms with Crippen LogP contribution in [0.5, 0.6) is 0 Å². The topological polar surface area (TPSA) is 118 Å². The molecule has 102 valence electrons. The van der Waals surface area contributed by atoms with Gasteiger partial charge < -0.3 is 10.2 Å². The lowest BCUT2D eigenvalue weighted by atomic mass is 9.86. The zero-order chi connectivity index (χ0) is 14.6. The Hall–Kier alpha value is -2.15. The minimum absolute atomic E-state index is 0.246. The van der Waals surface area contributed by atoms with Crippen molar-refractivity contribution in [2.24, 2.45) is 5.92 Å².